The molecule has 116 valence electrons. The maximum absolute atomic E-state index is 12.4. The van der Waals surface area contributed by atoms with Crippen LogP contribution in [0.4, 0.5) is 0 Å². The van der Waals surface area contributed by atoms with Crippen molar-refractivity contribution in [2.24, 2.45) is 0 Å². The van der Waals surface area contributed by atoms with Crippen LogP contribution in [0.15, 0.2) is 49.3 Å². The van der Waals surface area contributed by atoms with Gasteiger partial charge < -0.3 is 10.1 Å². The minimum atomic E-state index is -0.251. The molecular formula is C15H14N6O2. The van der Waals surface area contributed by atoms with Crippen molar-refractivity contribution in [1.29, 1.82) is 0 Å². The third-order valence-electron chi connectivity index (χ3n) is 3.13. The molecule has 0 aromatic carbocycles. The predicted molar refractivity (Wildman–Crippen MR) is 81.1 cm³/mol. The molecule has 3 aromatic rings. The Hall–Kier alpha value is -3.29. The van der Waals surface area contributed by atoms with Gasteiger partial charge in [-0.1, -0.05) is 0 Å². The minimum absolute atomic E-state index is 0.251. The number of hydrogen-bond acceptors (Lipinski definition) is 6. The van der Waals surface area contributed by atoms with E-state index in [0.717, 1.165) is 5.56 Å². The summed E-state index contributed by atoms with van der Waals surface area (Å²) in [7, 11) is 1.55. The highest BCUT2D eigenvalue weighted by Gasteiger charge is 2.14. The van der Waals surface area contributed by atoms with E-state index >= 15 is 0 Å². The fraction of sp³-hybridized carbons (Fsp3) is 0.133. The molecular weight excluding hydrogens is 296 g/mol. The van der Waals surface area contributed by atoms with Gasteiger partial charge in [-0.05, 0) is 23.8 Å². The number of carbonyl (C=O) groups is 1. The van der Waals surface area contributed by atoms with Crippen molar-refractivity contribution in [3.05, 3.63) is 60.4 Å². The van der Waals surface area contributed by atoms with Gasteiger partial charge in [0.2, 0.25) is 5.88 Å². The highest BCUT2D eigenvalue weighted by atomic mass is 16.5. The van der Waals surface area contributed by atoms with E-state index in [9.17, 15) is 4.79 Å². The molecule has 1 N–H and O–H groups in total. The Labute approximate surface area is 132 Å². The van der Waals surface area contributed by atoms with Gasteiger partial charge in [0, 0.05) is 25.0 Å². The Morgan fingerprint density at radius 1 is 1.30 bits per heavy atom. The zero-order chi connectivity index (χ0) is 16.1. The maximum Gasteiger partial charge on any atom is 0.255 e. The van der Waals surface area contributed by atoms with Gasteiger partial charge in [-0.25, -0.2) is 19.6 Å². The second kappa shape index (κ2) is 6.65. The van der Waals surface area contributed by atoms with Gasteiger partial charge in [0.15, 0.2) is 5.82 Å². The lowest BCUT2D eigenvalue weighted by atomic mass is 10.2. The molecule has 0 bridgehead atoms. The van der Waals surface area contributed by atoms with Crippen LogP contribution in [-0.2, 0) is 6.54 Å². The third kappa shape index (κ3) is 3.31. The first-order valence-electron chi connectivity index (χ1n) is 6.85. The average molecular weight is 310 g/mol. The van der Waals surface area contributed by atoms with Crippen LogP contribution in [0.25, 0.3) is 5.82 Å². The summed E-state index contributed by atoms with van der Waals surface area (Å²) >= 11 is 0. The molecule has 0 spiro atoms. The number of rotatable bonds is 5. The van der Waals surface area contributed by atoms with Gasteiger partial charge in [0.25, 0.3) is 5.91 Å². The summed E-state index contributed by atoms with van der Waals surface area (Å²) in [6.07, 6.45) is 6.11. The van der Waals surface area contributed by atoms with Crippen LogP contribution in [-0.4, -0.2) is 37.7 Å². The molecule has 0 saturated heterocycles. The number of aromatic nitrogens is 5. The van der Waals surface area contributed by atoms with Crippen molar-refractivity contribution in [3.63, 3.8) is 0 Å². The Bertz CT molecular complexity index is 803. The SMILES string of the molecule is COc1cc(CNC(=O)c2cccnc2-n2cncn2)ccn1. The fourth-order valence-electron chi connectivity index (χ4n) is 2.02. The molecule has 8 nitrogen and oxygen atoms in total. The van der Waals surface area contributed by atoms with Gasteiger partial charge >= 0.3 is 0 Å². The van der Waals surface area contributed by atoms with Crippen LogP contribution < -0.4 is 10.1 Å². The molecule has 0 aliphatic heterocycles. The normalized spacial score (nSPS) is 10.3. The quantitative estimate of drug-likeness (QED) is 0.755. The third-order valence-corrected chi connectivity index (χ3v) is 3.13. The van der Waals surface area contributed by atoms with Gasteiger partial charge in [0.05, 0.1) is 12.7 Å². The molecule has 3 rings (SSSR count). The van der Waals surface area contributed by atoms with Crippen LogP contribution in [0.3, 0.4) is 0 Å². The first kappa shape index (κ1) is 14.6. The van der Waals surface area contributed by atoms with Gasteiger partial charge in [0.1, 0.15) is 12.7 Å². The van der Waals surface area contributed by atoms with E-state index in [-0.39, 0.29) is 5.91 Å². The molecule has 3 aromatic heterocycles. The van der Waals surface area contributed by atoms with Crippen molar-refractivity contribution in [1.82, 2.24) is 30.0 Å². The van der Waals surface area contributed by atoms with E-state index in [4.69, 9.17) is 4.74 Å². The summed E-state index contributed by atoms with van der Waals surface area (Å²) in [6.45, 7) is 0.351. The summed E-state index contributed by atoms with van der Waals surface area (Å²) in [6, 6.07) is 6.96. The number of nitrogens with one attached hydrogen (secondary N) is 1. The summed E-state index contributed by atoms with van der Waals surface area (Å²) in [5.41, 5.74) is 1.30. The monoisotopic (exact) mass is 310 g/mol. The standard InChI is InChI=1S/C15H14N6O2/c1-23-13-7-11(4-6-17-13)8-19-15(22)12-3-2-5-18-14(12)21-10-16-9-20-21/h2-7,9-10H,8H2,1H3,(H,19,22). The lowest BCUT2D eigenvalue weighted by Gasteiger charge is -2.09. The zero-order valence-corrected chi connectivity index (χ0v) is 12.4. The van der Waals surface area contributed by atoms with Crippen LogP contribution in [0, 0.1) is 0 Å². The first-order valence-corrected chi connectivity index (χ1v) is 6.85. The Morgan fingerprint density at radius 3 is 3.00 bits per heavy atom. The molecule has 8 heteroatoms. The lowest BCUT2D eigenvalue weighted by molar-refractivity contribution is 0.0950. The van der Waals surface area contributed by atoms with E-state index in [1.54, 1.807) is 37.7 Å². The maximum atomic E-state index is 12.4. The van der Waals surface area contributed by atoms with E-state index < -0.39 is 0 Å². The van der Waals surface area contributed by atoms with Gasteiger partial charge in [-0.15, -0.1) is 0 Å². The number of nitrogens with zero attached hydrogens (tertiary/aromatic N) is 5. The van der Waals surface area contributed by atoms with Crippen LogP contribution in [0.1, 0.15) is 15.9 Å². The molecule has 1 amide bonds. The van der Waals surface area contributed by atoms with Gasteiger partial charge in [-0.3, -0.25) is 4.79 Å². The number of carbonyl (C=O) groups excluding carboxylic acids is 1. The molecule has 0 unspecified atom stereocenters. The number of pyridine rings is 2. The van der Waals surface area contributed by atoms with E-state index in [1.807, 2.05) is 6.07 Å². The zero-order valence-electron chi connectivity index (χ0n) is 12.4. The average Bonchev–Trinajstić information content (AvgIpc) is 3.14. The Kier molecular flexibility index (Phi) is 4.23. The molecule has 0 aliphatic carbocycles. The second-order valence-corrected chi connectivity index (χ2v) is 4.60. The molecule has 0 fully saturated rings. The van der Waals surface area contributed by atoms with Crippen LogP contribution in [0.2, 0.25) is 0 Å². The number of methoxy groups -OCH3 is 1. The largest absolute Gasteiger partial charge is 0.481 e. The van der Waals surface area contributed by atoms with E-state index in [0.29, 0.717) is 23.8 Å². The number of ether oxygens (including phenoxy) is 1. The van der Waals surface area contributed by atoms with Crippen LogP contribution in [0.5, 0.6) is 5.88 Å². The fourth-order valence-corrected chi connectivity index (χ4v) is 2.02. The summed E-state index contributed by atoms with van der Waals surface area (Å²) in [5.74, 6) is 0.676. The number of amides is 1. The predicted octanol–water partition coefficient (Wildman–Crippen LogP) is 0.996. The van der Waals surface area contributed by atoms with Crippen molar-refractivity contribution < 1.29 is 9.53 Å². The molecule has 3 heterocycles. The smallest absolute Gasteiger partial charge is 0.255 e. The van der Waals surface area contributed by atoms with Crippen LogP contribution >= 0.6 is 0 Å². The van der Waals surface area contributed by atoms with Crippen molar-refractivity contribution in [2.45, 2.75) is 6.54 Å². The van der Waals surface area contributed by atoms with E-state index in [1.165, 1.54) is 17.3 Å². The van der Waals surface area contributed by atoms with Crippen molar-refractivity contribution >= 4 is 5.91 Å². The summed E-state index contributed by atoms with van der Waals surface area (Å²) < 4.78 is 6.51. The Morgan fingerprint density at radius 2 is 2.22 bits per heavy atom. The highest BCUT2D eigenvalue weighted by molar-refractivity contribution is 5.96. The molecule has 0 saturated carbocycles. The molecule has 23 heavy (non-hydrogen) atoms. The topological polar surface area (TPSA) is 94.8 Å². The lowest BCUT2D eigenvalue weighted by Crippen LogP contribution is -2.24. The summed E-state index contributed by atoms with van der Waals surface area (Å²) in [5, 5.41) is 6.85. The van der Waals surface area contributed by atoms with Crippen molar-refractivity contribution in [2.75, 3.05) is 7.11 Å². The van der Waals surface area contributed by atoms with Gasteiger partial charge in [-0.2, -0.15) is 5.10 Å². The molecule has 0 aliphatic rings. The Balaban J connectivity index is 1.76. The number of hydrogen-bond donors (Lipinski definition) is 1. The second-order valence-electron chi connectivity index (χ2n) is 4.60. The molecule has 0 radical (unpaired) electrons. The highest BCUT2D eigenvalue weighted by Crippen LogP contribution is 2.11. The first-order chi connectivity index (χ1) is 11.3. The van der Waals surface area contributed by atoms with E-state index in [2.05, 4.69) is 25.4 Å². The molecule has 0 atom stereocenters. The summed E-state index contributed by atoms with van der Waals surface area (Å²) in [4.78, 5) is 24.5. The van der Waals surface area contributed by atoms with Crippen molar-refractivity contribution in [3.8, 4) is 11.7 Å². The minimum Gasteiger partial charge on any atom is -0.481 e.